The molecule has 2 aromatic heterocycles. The molecule has 0 bridgehead atoms. The van der Waals surface area contributed by atoms with Crippen LogP contribution < -0.4 is 18.9 Å². The van der Waals surface area contributed by atoms with Gasteiger partial charge in [0.05, 0.1) is 54.1 Å². The van der Waals surface area contributed by atoms with Crippen molar-refractivity contribution >= 4 is 11.2 Å². The summed E-state index contributed by atoms with van der Waals surface area (Å²) in [6.07, 6.45) is 5.46. The van der Waals surface area contributed by atoms with Crippen LogP contribution in [0.4, 0.5) is 0 Å². The molecule has 2 atom stereocenters. The smallest absolute Gasteiger partial charge is 0.165 e. The van der Waals surface area contributed by atoms with Gasteiger partial charge in [-0.2, -0.15) is 0 Å². The van der Waals surface area contributed by atoms with Crippen LogP contribution in [0.1, 0.15) is 51.6 Å². The van der Waals surface area contributed by atoms with E-state index in [2.05, 4.69) is 91.3 Å². The highest BCUT2D eigenvalue weighted by atomic mass is 16.6. The normalized spacial score (nSPS) is 14.9. The van der Waals surface area contributed by atoms with E-state index >= 15 is 0 Å². The van der Waals surface area contributed by atoms with Gasteiger partial charge >= 0.3 is 0 Å². The van der Waals surface area contributed by atoms with E-state index < -0.39 is 11.2 Å². The maximum absolute atomic E-state index is 7.24. The number of benzene rings is 7. The topological polar surface area (TPSA) is 108 Å². The lowest BCUT2D eigenvalue weighted by Crippen LogP contribution is -2.35. The summed E-state index contributed by atoms with van der Waals surface area (Å²) in [5.41, 5.74) is 7.69. The molecule has 1 aliphatic rings. The van der Waals surface area contributed by atoms with Crippen LogP contribution in [0.25, 0.3) is 22.4 Å². The minimum atomic E-state index is -0.980. The molecule has 3 heterocycles. The Hall–Kier alpha value is -7.83. The number of aromatic nitrogens is 4. The van der Waals surface area contributed by atoms with E-state index in [1.807, 2.05) is 102 Å². The highest BCUT2D eigenvalue weighted by molar-refractivity contribution is 5.87. The predicted octanol–water partition coefficient (Wildman–Crippen LogP) is 11.5. The van der Waals surface area contributed by atoms with E-state index in [1.165, 1.54) is 0 Å². The van der Waals surface area contributed by atoms with Crippen LogP contribution in [-0.2, 0) is 32.0 Å². The molecular formula is C59H53N4O7. The van der Waals surface area contributed by atoms with Crippen molar-refractivity contribution in [3.63, 3.8) is 0 Å². The van der Waals surface area contributed by atoms with Crippen LogP contribution in [0, 0.1) is 6.42 Å². The second-order valence-electron chi connectivity index (χ2n) is 17.0. The van der Waals surface area contributed by atoms with Gasteiger partial charge in [0.25, 0.3) is 0 Å². The molecule has 351 valence electrons. The largest absolute Gasteiger partial charge is 0.497 e. The summed E-state index contributed by atoms with van der Waals surface area (Å²) in [5.74, 6) is 3.03. The lowest BCUT2D eigenvalue weighted by atomic mass is 9.80. The highest BCUT2D eigenvalue weighted by Gasteiger charge is 2.41. The first-order chi connectivity index (χ1) is 34.4. The number of rotatable bonds is 18. The Bertz CT molecular complexity index is 3030. The summed E-state index contributed by atoms with van der Waals surface area (Å²) in [6, 6.07) is 61.0. The molecule has 0 spiro atoms. The van der Waals surface area contributed by atoms with Gasteiger partial charge in [-0.15, -0.1) is 0 Å². The maximum Gasteiger partial charge on any atom is 0.165 e. The average molecular weight is 930 g/mol. The zero-order valence-corrected chi connectivity index (χ0v) is 39.5. The number of fused-ring (bicyclic) bond motifs is 1. The minimum absolute atomic E-state index is 0.271. The van der Waals surface area contributed by atoms with Crippen LogP contribution in [-0.4, -0.2) is 60.7 Å². The third kappa shape index (κ3) is 8.86. The Labute approximate surface area is 408 Å². The molecule has 7 aromatic carbocycles. The van der Waals surface area contributed by atoms with Crippen LogP contribution in [0.3, 0.4) is 0 Å². The molecule has 11 nitrogen and oxygen atoms in total. The third-order valence-corrected chi connectivity index (χ3v) is 13.1. The zero-order chi connectivity index (χ0) is 47.9. The number of ether oxygens (including phenoxy) is 7. The van der Waals surface area contributed by atoms with Gasteiger partial charge in [-0.1, -0.05) is 127 Å². The predicted molar refractivity (Wildman–Crippen MR) is 269 cm³/mol. The molecule has 0 saturated carbocycles. The molecule has 0 amide bonds. The van der Waals surface area contributed by atoms with Crippen molar-refractivity contribution in [2.45, 2.75) is 36.6 Å². The minimum Gasteiger partial charge on any atom is -0.497 e. The molecule has 1 fully saturated rings. The van der Waals surface area contributed by atoms with Crippen molar-refractivity contribution in [2.75, 3.05) is 35.0 Å². The van der Waals surface area contributed by atoms with Crippen molar-refractivity contribution in [2.24, 2.45) is 0 Å². The van der Waals surface area contributed by atoms with Crippen molar-refractivity contribution in [1.82, 2.24) is 19.5 Å². The van der Waals surface area contributed by atoms with Gasteiger partial charge in [-0.25, -0.2) is 15.0 Å². The molecule has 0 unspecified atom stereocenters. The Kier molecular flexibility index (Phi) is 13.4. The number of nitrogens with zero attached hydrogens (tertiary/aromatic N) is 4. The molecule has 0 N–H and O–H groups in total. The van der Waals surface area contributed by atoms with E-state index in [4.69, 9.17) is 48.1 Å². The summed E-state index contributed by atoms with van der Waals surface area (Å²) in [4.78, 5) is 14.4. The summed E-state index contributed by atoms with van der Waals surface area (Å²) in [7, 11) is 6.67. The Morgan fingerprint density at radius 2 is 0.986 bits per heavy atom. The van der Waals surface area contributed by atoms with Gasteiger partial charge in [0.15, 0.2) is 5.65 Å². The summed E-state index contributed by atoms with van der Waals surface area (Å²) in [5, 5.41) is 0. The van der Waals surface area contributed by atoms with Crippen LogP contribution in [0.15, 0.2) is 195 Å². The van der Waals surface area contributed by atoms with Gasteiger partial charge in [0.2, 0.25) is 0 Å². The average Bonchev–Trinajstić information content (AvgIpc) is 4.10. The Morgan fingerprint density at radius 1 is 0.514 bits per heavy atom. The lowest BCUT2D eigenvalue weighted by Gasteiger charge is -2.37. The summed E-state index contributed by atoms with van der Waals surface area (Å²) in [6.45, 7) is 0.550. The Morgan fingerprint density at radius 3 is 1.47 bits per heavy atom. The fourth-order valence-corrected chi connectivity index (χ4v) is 9.50. The van der Waals surface area contributed by atoms with Crippen LogP contribution in [0.2, 0.25) is 0 Å². The summed E-state index contributed by atoms with van der Waals surface area (Å²) >= 11 is 0. The molecule has 1 aliphatic heterocycles. The number of methoxy groups -OCH3 is 4. The van der Waals surface area contributed by atoms with E-state index in [-0.39, 0.29) is 25.5 Å². The molecule has 1 saturated heterocycles. The first-order valence-electron chi connectivity index (χ1n) is 23.2. The van der Waals surface area contributed by atoms with E-state index in [0.717, 1.165) is 67.5 Å². The Balaban J connectivity index is 0.919. The van der Waals surface area contributed by atoms with Gasteiger partial charge in [0.1, 0.15) is 58.0 Å². The third-order valence-electron chi connectivity index (χ3n) is 13.1. The molecular weight excluding hydrogens is 877 g/mol. The van der Waals surface area contributed by atoms with Crippen molar-refractivity contribution in [3.8, 4) is 34.3 Å². The molecule has 1 radical (unpaired) electrons. The van der Waals surface area contributed by atoms with Gasteiger partial charge in [-0.05, 0) is 106 Å². The van der Waals surface area contributed by atoms with Gasteiger partial charge in [0, 0.05) is 5.56 Å². The standard InChI is InChI=1S/C59H53N4O7/c1-64-49-26-18-45(19-27-49)58(43-14-7-5-8-15-43,46-20-28-50(65-2)29-21-46)68-37-41-12-11-13-42(36-41)55-56-57(61-39-60-55)63(40-62-56)54-35-34-53(70-54)38-69-59(44-16-9-6-10-17-44,47-22-30-51(66-3)31-23-47)48-24-32-52(67-4)33-25-48/h5-34,36,39-40,53-54H,35,37-38H2,1-4H3/t53-,54-/m1/s1. The van der Waals surface area contributed by atoms with Gasteiger partial charge in [-0.3, -0.25) is 4.57 Å². The monoisotopic (exact) mass is 929 g/mol. The molecule has 9 aromatic rings. The maximum atomic E-state index is 7.24. The molecule has 11 heteroatoms. The SMILES string of the molecule is COc1ccc(C(OCc2cccc(-c3ncnc4c3ncn4[C@H]3C[CH][C@H](COC(c4ccccc4)(c4ccc(OC)cc4)c4ccc(OC)cc4)O3)c2)(c2ccccc2)c2ccc(OC)cc2)cc1. The van der Waals surface area contributed by atoms with E-state index in [9.17, 15) is 0 Å². The first kappa shape index (κ1) is 45.9. The number of hydrogen-bond donors (Lipinski definition) is 0. The van der Waals surface area contributed by atoms with Crippen LogP contribution in [0.5, 0.6) is 23.0 Å². The molecule has 0 aliphatic carbocycles. The van der Waals surface area contributed by atoms with Crippen molar-refractivity contribution in [3.05, 3.63) is 240 Å². The van der Waals surface area contributed by atoms with Gasteiger partial charge < -0.3 is 33.2 Å². The number of hydrogen-bond acceptors (Lipinski definition) is 10. The summed E-state index contributed by atoms with van der Waals surface area (Å²) < 4.78 is 45.4. The number of imidazole rings is 1. The lowest BCUT2D eigenvalue weighted by molar-refractivity contribution is -0.0702. The van der Waals surface area contributed by atoms with Crippen molar-refractivity contribution in [1.29, 1.82) is 0 Å². The molecule has 70 heavy (non-hydrogen) atoms. The second kappa shape index (κ2) is 20.4. The molecule has 10 rings (SSSR count). The fourth-order valence-electron chi connectivity index (χ4n) is 9.50. The first-order valence-corrected chi connectivity index (χ1v) is 23.2. The van der Waals surface area contributed by atoms with Crippen LogP contribution >= 0.6 is 0 Å². The van der Waals surface area contributed by atoms with E-state index in [1.54, 1.807) is 41.1 Å². The zero-order valence-electron chi connectivity index (χ0n) is 39.5. The highest BCUT2D eigenvalue weighted by Crippen LogP contribution is 2.45. The van der Waals surface area contributed by atoms with Crippen molar-refractivity contribution < 1.29 is 33.2 Å². The second-order valence-corrected chi connectivity index (χ2v) is 17.0. The van der Waals surface area contributed by atoms with E-state index in [0.29, 0.717) is 23.3 Å². The quantitative estimate of drug-likeness (QED) is 0.0772. The fraction of sp³-hybridized carbons (Fsp3) is 0.186.